The second-order valence-electron chi connectivity index (χ2n) is 10.6. The van der Waals surface area contributed by atoms with Crippen molar-refractivity contribution >= 4 is 41.0 Å². The summed E-state index contributed by atoms with van der Waals surface area (Å²) in [5.41, 5.74) is 0. The fourth-order valence-electron chi connectivity index (χ4n) is 4.31. The Morgan fingerprint density at radius 1 is 0.818 bits per heavy atom. The van der Waals surface area contributed by atoms with Crippen molar-refractivity contribution < 1.29 is 47.8 Å². The molecule has 0 bridgehead atoms. The van der Waals surface area contributed by atoms with Gasteiger partial charge in [-0.15, -0.1) is 0 Å². The lowest BCUT2D eigenvalue weighted by molar-refractivity contribution is -0.138. The second kappa shape index (κ2) is 22.2. The summed E-state index contributed by atoms with van der Waals surface area (Å²) in [5.74, 6) is -3.10. The van der Waals surface area contributed by atoms with Crippen LogP contribution in [0.25, 0.3) is 0 Å². The number of Topliss-reactive ketones (excluding diaryl/α,β-unsaturated/α-hetero) is 3. The van der Waals surface area contributed by atoms with Crippen molar-refractivity contribution in [2.45, 2.75) is 70.9 Å². The van der Waals surface area contributed by atoms with Crippen LogP contribution in [0.2, 0.25) is 0 Å². The fraction of sp³-hybridized carbons (Fsp3) is 0.700. The summed E-state index contributed by atoms with van der Waals surface area (Å²) in [4.78, 5) is 86.5. The van der Waals surface area contributed by atoms with E-state index in [1.165, 1.54) is 0 Å². The highest BCUT2D eigenvalue weighted by Crippen LogP contribution is 2.10. The van der Waals surface area contributed by atoms with E-state index in [0.717, 1.165) is 17.1 Å². The molecule has 14 heteroatoms. The number of carbonyl (C=O) groups is 7. The minimum absolute atomic E-state index is 0.00531. The van der Waals surface area contributed by atoms with Gasteiger partial charge in [-0.3, -0.25) is 38.5 Å². The van der Waals surface area contributed by atoms with Crippen molar-refractivity contribution in [3.8, 4) is 0 Å². The van der Waals surface area contributed by atoms with Gasteiger partial charge in [0.15, 0.2) is 11.6 Å². The molecule has 0 radical (unpaired) electrons. The standard InChI is InChI=1S/C30H48N4O10/c1-21(2)29(31-3)30(41)24(36)9-8-22(23(35)7-5-16-44-20-19-42-4)33-26(38)13-18-43-17-6-14-32-25(37)12-15-34-27(39)10-11-28(34)40/h10-11,21-22,29,31H,5-9,12-20H2,1-4H3,(H,32,37)(H,33,38)/t22-,29+/m1/s1. The van der Waals surface area contributed by atoms with Crippen molar-refractivity contribution in [3.63, 3.8) is 0 Å². The van der Waals surface area contributed by atoms with Gasteiger partial charge < -0.3 is 30.2 Å². The Hall–Kier alpha value is -3.33. The Labute approximate surface area is 259 Å². The predicted molar refractivity (Wildman–Crippen MR) is 159 cm³/mol. The minimum Gasteiger partial charge on any atom is -0.382 e. The molecule has 0 unspecified atom stereocenters. The van der Waals surface area contributed by atoms with Gasteiger partial charge in [0.1, 0.15) is 0 Å². The number of rotatable bonds is 26. The number of nitrogens with one attached hydrogen (secondary N) is 3. The van der Waals surface area contributed by atoms with Gasteiger partial charge in [-0.2, -0.15) is 0 Å². The molecular formula is C30H48N4O10. The second-order valence-corrected chi connectivity index (χ2v) is 10.6. The quantitative estimate of drug-likeness (QED) is 0.0661. The van der Waals surface area contributed by atoms with Crippen LogP contribution in [0.15, 0.2) is 12.2 Å². The topological polar surface area (TPSA) is 187 Å². The average Bonchev–Trinajstić information content (AvgIpc) is 3.31. The highest BCUT2D eigenvalue weighted by atomic mass is 16.5. The maximum atomic E-state index is 12.9. The number of ketones is 3. The van der Waals surface area contributed by atoms with E-state index < -0.39 is 41.4 Å². The molecule has 248 valence electrons. The van der Waals surface area contributed by atoms with E-state index in [4.69, 9.17) is 14.2 Å². The number of imide groups is 1. The van der Waals surface area contributed by atoms with Crippen molar-refractivity contribution in [2.75, 3.05) is 60.3 Å². The van der Waals surface area contributed by atoms with Crippen molar-refractivity contribution in [2.24, 2.45) is 5.92 Å². The first-order chi connectivity index (χ1) is 21.0. The van der Waals surface area contributed by atoms with E-state index in [9.17, 15) is 33.6 Å². The molecule has 14 nitrogen and oxygen atoms in total. The highest BCUT2D eigenvalue weighted by molar-refractivity contribution is 6.39. The highest BCUT2D eigenvalue weighted by Gasteiger charge is 2.28. The number of nitrogens with zero attached hydrogens (tertiary/aromatic N) is 1. The molecule has 1 aliphatic heterocycles. The Morgan fingerprint density at radius 2 is 1.48 bits per heavy atom. The maximum absolute atomic E-state index is 12.9. The first-order valence-corrected chi connectivity index (χ1v) is 15.0. The molecule has 0 fully saturated rings. The van der Waals surface area contributed by atoms with Crippen molar-refractivity contribution in [1.82, 2.24) is 20.9 Å². The van der Waals surface area contributed by atoms with Crippen LogP contribution in [-0.2, 0) is 47.8 Å². The molecule has 0 spiro atoms. The normalized spacial score (nSPS) is 14.2. The molecule has 4 amide bonds. The first-order valence-electron chi connectivity index (χ1n) is 15.0. The molecule has 1 rings (SSSR count). The number of amides is 4. The summed E-state index contributed by atoms with van der Waals surface area (Å²) < 4.78 is 15.8. The van der Waals surface area contributed by atoms with Crippen LogP contribution in [-0.4, -0.2) is 118 Å². The summed E-state index contributed by atoms with van der Waals surface area (Å²) in [6, 6.07) is -1.55. The molecule has 1 aliphatic rings. The number of methoxy groups -OCH3 is 1. The molecular weight excluding hydrogens is 576 g/mol. The van der Waals surface area contributed by atoms with Gasteiger partial charge in [0, 0.05) is 71.2 Å². The maximum Gasteiger partial charge on any atom is 0.253 e. The summed E-state index contributed by atoms with van der Waals surface area (Å²) >= 11 is 0. The van der Waals surface area contributed by atoms with Gasteiger partial charge in [0.05, 0.1) is 31.9 Å². The number of likely N-dealkylation sites (N-methyl/N-ethyl adjacent to an activating group) is 1. The lowest BCUT2D eigenvalue weighted by atomic mass is 9.93. The number of hydrogen-bond donors (Lipinski definition) is 3. The summed E-state index contributed by atoms with van der Waals surface area (Å²) in [5, 5.41) is 8.20. The average molecular weight is 625 g/mol. The number of hydrogen-bond acceptors (Lipinski definition) is 11. The number of ether oxygens (including phenoxy) is 3. The molecule has 1 heterocycles. The van der Waals surface area contributed by atoms with Crippen molar-refractivity contribution in [3.05, 3.63) is 12.2 Å². The van der Waals surface area contributed by atoms with Crippen LogP contribution in [0, 0.1) is 5.92 Å². The van der Waals surface area contributed by atoms with Gasteiger partial charge in [-0.05, 0) is 32.2 Å². The third-order valence-electron chi connectivity index (χ3n) is 6.79. The van der Waals surface area contributed by atoms with E-state index in [1.54, 1.807) is 14.2 Å². The van der Waals surface area contributed by atoms with Crippen LogP contribution in [0.5, 0.6) is 0 Å². The zero-order chi connectivity index (χ0) is 32.9. The van der Waals surface area contributed by atoms with E-state index in [1.807, 2.05) is 13.8 Å². The van der Waals surface area contributed by atoms with Gasteiger partial charge in [0.25, 0.3) is 11.8 Å². The number of carbonyl (C=O) groups excluding carboxylic acids is 7. The first kappa shape index (κ1) is 38.7. The molecule has 0 saturated heterocycles. The van der Waals surface area contributed by atoms with E-state index in [-0.39, 0.29) is 69.5 Å². The third kappa shape index (κ3) is 15.4. The van der Waals surface area contributed by atoms with Gasteiger partial charge in [-0.1, -0.05) is 13.8 Å². The van der Waals surface area contributed by atoms with Crippen LogP contribution < -0.4 is 16.0 Å². The Morgan fingerprint density at radius 3 is 2.11 bits per heavy atom. The van der Waals surface area contributed by atoms with Crippen LogP contribution in [0.3, 0.4) is 0 Å². The van der Waals surface area contributed by atoms with Crippen LogP contribution in [0.4, 0.5) is 0 Å². The van der Waals surface area contributed by atoms with Gasteiger partial charge >= 0.3 is 0 Å². The van der Waals surface area contributed by atoms with E-state index in [2.05, 4.69) is 16.0 Å². The summed E-state index contributed by atoms with van der Waals surface area (Å²) in [6.45, 7) is 5.50. The van der Waals surface area contributed by atoms with E-state index >= 15 is 0 Å². The summed E-state index contributed by atoms with van der Waals surface area (Å²) in [6.07, 6.45) is 3.17. The minimum atomic E-state index is -0.928. The van der Waals surface area contributed by atoms with Crippen LogP contribution >= 0.6 is 0 Å². The molecule has 0 aromatic rings. The zero-order valence-corrected chi connectivity index (χ0v) is 26.3. The predicted octanol–water partition coefficient (Wildman–Crippen LogP) is -0.126. The monoisotopic (exact) mass is 624 g/mol. The molecule has 2 atom stereocenters. The lowest BCUT2D eigenvalue weighted by Gasteiger charge is -2.20. The molecule has 0 aliphatic carbocycles. The SMILES string of the molecule is CN[C@H](C(=O)C(=O)CC[C@@H](NC(=O)CCOCCCNC(=O)CCN1C(=O)C=CC1=O)C(=O)CCCOCCOC)C(C)C. The third-order valence-corrected chi connectivity index (χ3v) is 6.79. The van der Waals surface area contributed by atoms with Gasteiger partial charge in [0.2, 0.25) is 17.6 Å². The Bertz CT molecular complexity index is 996. The molecule has 3 N–H and O–H groups in total. The van der Waals surface area contributed by atoms with Gasteiger partial charge in [-0.25, -0.2) is 0 Å². The van der Waals surface area contributed by atoms with E-state index in [0.29, 0.717) is 39.2 Å². The lowest BCUT2D eigenvalue weighted by Crippen LogP contribution is -2.44. The molecule has 0 aromatic carbocycles. The molecule has 0 saturated carbocycles. The van der Waals surface area contributed by atoms with Crippen molar-refractivity contribution in [1.29, 1.82) is 0 Å². The Kier molecular flexibility index (Phi) is 19.5. The Balaban J connectivity index is 2.42. The molecule has 0 aromatic heterocycles. The van der Waals surface area contributed by atoms with Crippen LogP contribution in [0.1, 0.15) is 58.8 Å². The largest absolute Gasteiger partial charge is 0.382 e. The smallest absolute Gasteiger partial charge is 0.253 e. The fourth-order valence-corrected chi connectivity index (χ4v) is 4.31. The summed E-state index contributed by atoms with van der Waals surface area (Å²) in [7, 11) is 3.17. The molecule has 44 heavy (non-hydrogen) atoms. The zero-order valence-electron chi connectivity index (χ0n) is 26.3.